The van der Waals surface area contributed by atoms with Gasteiger partial charge in [0.15, 0.2) is 10.9 Å². The Morgan fingerprint density at radius 3 is 2.50 bits per heavy atom. The van der Waals surface area contributed by atoms with Gasteiger partial charge in [-0.3, -0.25) is 0 Å². The number of fused-ring (bicyclic) bond motifs is 1. The van der Waals surface area contributed by atoms with Crippen molar-refractivity contribution in [3.05, 3.63) is 52.9 Å². The van der Waals surface area contributed by atoms with Crippen molar-refractivity contribution in [3.8, 4) is 10.6 Å². The lowest BCUT2D eigenvalue weighted by molar-refractivity contribution is 1.18. The number of hydrogen-bond donors (Lipinski definition) is 1. The molecule has 108 valence electrons. The number of thiophene rings is 1. The Labute approximate surface area is 135 Å². The number of thiazole rings is 1. The minimum absolute atomic E-state index is 0.755. The van der Waals surface area contributed by atoms with Crippen LogP contribution in [0.5, 0.6) is 0 Å². The van der Waals surface area contributed by atoms with Crippen molar-refractivity contribution in [2.75, 3.05) is 5.32 Å². The van der Waals surface area contributed by atoms with Crippen LogP contribution in [0.2, 0.25) is 0 Å². The molecule has 0 radical (unpaired) electrons. The molecule has 0 aliphatic heterocycles. The highest BCUT2D eigenvalue weighted by atomic mass is 32.1. The first-order chi connectivity index (χ1) is 10.8. The zero-order chi connectivity index (χ0) is 14.9. The van der Waals surface area contributed by atoms with Gasteiger partial charge < -0.3 is 5.32 Å². The van der Waals surface area contributed by atoms with Crippen molar-refractivity contribution in [3.63, 3.8) is 0 Å². The molecule has 4 rings (SSSR count). The molecule has 22 heavy (non-hydrogen) atoms. The summed E-state index contributed by atoms with van der Waals surface area (Å²) >= 11 is 3.26. The molecule has 0 amide bonds. The normalized spacial score (nSPS) is 11.0. The van der Waals surface area contributed by atoms with Crippen LogP contribution < -0.4 is 5.32 Å². The van der Waals surface area contributed by atoms with Crippen LogP contribution in [0.25, 0.3) is 21.6 Å². The summed E-state index contributed by atoms with van der Waals surface area (Å²) in [7, 11) is 0. The van der Waals surface area contributed by atoms with E-state index in [0.29, 0.717) is 0 Å². The second kappa shape index (κ2) is 5.47. The van der Waals surface area contributed by atoms with Crippen molar-refractivity contribution in [2.24, 2.45) is 0 Å². The van der Waals surface area contributed by atoms with Crippen LogP contribution in [0.3, 0.4) is 0 Å². The monoisotopic (exact) mass is 324 g/mol. The van der Waals surface area contributed by atoms with E-state index < -0.39 is 0 Å². The van der Waals surface area contributed by atoms with Crippen LogP contribution >= 0.6 is 22.7 Å². The van der Waals surface area contributed by atoms with Gasteiger partial charge in [0.2, 0.25) is 0 Å². The number of para-hydroxylation sites is 2. The molecule has 0 fully saturated rings. The summed E-state index contributed by atoms with van der Waals surface area (Å²) in [6, 6.07) is 12.0. The third-order valence-corrected chi connectivity index (χ3v) is 4.90. The average Bonchev–Trinajstić information content (AvgIpc) is 3.18. The number of aryl methyl sites for hydroxylation is 1. The molecule has 3 heterocycles. The topological polar surface area (TPSA) is 50.7 Å². The van der Waals surface area contributed by atoms with Crippen LogP contribution in [-0.2, 0) is 0 Å². The first-order valence-electron chi connectivity index (χ1n) is 6.79. The molecule has 6 heteroatoms. The summed E-state index contributed by atoms with van der Waals surface area (Å²) in [5, 5.41) is 8.22. The zero-order valence-corrected chi connectivity index (χ0v) is 13.4. The van der Waals surface area contributed by atoms with Gasteiger partial charge >= 0.3 is 0 Å². The van der Waals surface area contributed by atoms with Gasteiger partial charge in [-0.2, -0.15) is 0 Å². The number of anilines is 2. The fourth-order valence-electron chi connectivity index (χ4n) is 2.18. The van der Waals surface area contributed by atoms with Gasteiger partial charge in [-0.15, -0.1) is 22.7 Å². The van der Waals surface area contributed by atoms with Crippen molar-refractivity contribution in [2.45, 2.75) is 6.92 Å². The maximum Gasteiger partial charge on any atom is 0.188 e. The standard InChI is InChI=1S/C16H12N4S2/c1-10-15(18-12-6-3-2-5-11(12)17-10)20-16-19-13(9-22-16)14-7-4-8-21-14/h2-9H,1H3,(H,18,19,20). The van der Waals surface area contributed by atoms with Gasteiger partial charge in [-0.25, -0.2) is 15.0 Å². The molecule has 0 aliphatic carbocycles. The van der Waals surface area contributed by atoms with Crippen LogP contribution in [0.4, 0.5) is 10.9 Å². The maximum absolute atomic E-state index is 4.64. The smallest absolute Gasteiger partial charge is 0.188 e. The summed E-state index contributed by atoms with van der Waals surface area (Å²) in [5.74, 6) is 0.755. The lowest BCUT2D eigenvalue weighted by Crippen LogP contribution is -1.99. The van der Waals surface area contributed by atoms with Gasteiger partial charge in [-0.05, 0) is 30.5 Å². The summed E-state index contributed by atoms with van der Waals surface area (Å²) < 4.78 is 0. The average molecular weight is 324 g/mol. The zero-order valence-electron chi connectivity index (χ0n) is 11.8. The molecule has 1 aromatic carbocycles. The van der Waals surface area contributed by atoms with E-state index in [1.54, 1.807) is 22.7 Å². The number of hydrogen-bond acceptors (Lipinski definition) is 6. The third-order valence-electron chi connectivity index (χ3n) is 3.25. The molecule has 0 bridgehead atoms. The van der Waals surface area contributed by atoms with Crippen LogP contribution in [0.15, 0.2) is 47.2 Å². The number of nitrogens with one attached hydrogen (secondary N) is 1. The number of aromatic nitrogens is 3. The molecule has 0 spiro atoms. The van der Waals surface area contributed by atoms with E-state index >= 15 is 0 Å². The van der Waals surface area contributed by atoms with E-state index in [0.717, 1.165) is 33.4 Å². The second-order valence-electron chi connectivity index (χ2n) is 4.79. The van der Waals surface area contributed by atoms with E-state index in [-0.39, 0.29) is 0 Å². The van der Waals surface area contributed by atoms with Crippen LogP contribution in [0.1, 0.15) is 5.69 Å². The van der Waals surface area contributed by atoms with Crippen LogP contribution in [0, 0.1) is 6.92 Å². The molecular formula is C16H12N4S2. The van der Waals surface area contributed by atoms with E-state index in [9.17, 15) is 0 Å². The highest BCUT2D eigenvalue weighted by molar-refractivity contribution is 7.16. The predicted molar refractivity (Wildman–Crippen MR) is 93.0 cm³/mol. The largest absolute Gasteiger partial charge is 0.315 e. The molecule has 3 aromatic heterocycles. The van der Waals surface area contributed by atoms with E-state index in [2.05, 4.69) is 37.1 Å². The Balaban J connectivity index is 1.67. The SMILES string of the molecule is Cc1nc2ccccc2nc1Nc1nc(-c2cccs2)cs1. The maximum atomic E-state index is 4.64. The highest BCUT2D eigenvalue weighted by Gasteiger charge is 2.09. The third kappa shape index (κ3) is 2.47. The molecule has 0 atom stereocenters. The predicted octanol–water partition coefficient (Wildman–Crippen LogP) is 4.87. The lowest BCUT2D eigenvalue weighted by Gasteiger charge is -2.06. The summed E-state index contributed by atoms with van der Waals surface area (Å²) in [4.78, 5) is 15.0. The molecule has 0 saturated carbocycles. The van der Waals surface area contributed by atoms with E-state index in [4.69, 9.17) is 0 Å². The fourth-order valence-corrected chi connectivity index (χ4v) is 3.65. The molecular weight excluding hydrogens is 312 g/mol. The summed E-state index contributed by atoms with van der Waals surface area (Å²) in [5.41, 5.74) is 3.65. The van der Waals surface area contributed by atoms with Crippen LogP contribution in [-0.4, -0.2) is 15.0 Å². The first kappa shape index (κ1) is 13.4. The van der Waals surface area contributed by atoms with Gasteiger partial charge in [0.25, 0.3) is 0 Å². The van der Waals surface area contributed by atoms with Crippen molar-refractivity contribution >= 4 is 44.7 Å². The number of rotatable bonds is 3. The van der Waals surface area contributed by atoms with Crippen molar-refractivity contribution in [1.29, 1.82) is 0 Å². The molecule has 0 aliphatic rings. The Morgan fingerprint density at radius 1 is 0.909 bits per heavy atom. The Bertz CT molecular complexity index is 928. The highest BCUT2D eigenvalue weighted by Crippen LogP contribution is 2.30. The Morgan fingerprint density at radius 2 is 1.73 bits per heavy atom. The summed E-state index contributed by atoms with van der Waals surface area (Å²) in [6.07, 6.45) is 0. The molecule has 1 N–H and O–H groups in total. The van der Waals surface area contributed by atoms with Crippen molar-refractivity contribution in [1.82, 2.24) is 15.0 Å². The minimum atomic E-state index is 0.755. The Hall–Kier alpha value is -2.31. The molecule has 4 aromatic rings. The minimum Gasteiger partial charge on any atom is -0.315 e. The quantitative estimate of drug-likeness (QED) is 0.584. The fraction of sp³-hybridized carbons (Fsp3) is 0.0625. The molecule has 0 unspecified atom stereocenters. The molecule has 4 nitrogen and oxygen atoms in total. The number of benzene rings is 1. The van der Waals surface area contributed by atoms with E-state index in [1.165, 1.54) is 4.88 Å². The molecule has 0 saturated heterocycles. The number of nitrogens with zero attached hydrogens (tertiary/aromatic N) is 3. The van der Waals surface area contributed by atoms with Crippen molar-refractivity contribution < 1.29 is 0 Å². The van der Waals surface area contributed by atoms with Gasteiger partial charge in [0.1, 0.15) is 0 Å². The first-order valence-corrected chi connectivity index (χ1v) is 8.55. The van der Waals surface area contributed by atoms with Gasteiger partial charge in [0.05, 0.1) is 27.3 Å². The second-order valence-corrected chi connectivity index (χ2v) is 6.59. The van der Waals surface area contributed by atoms with E-state index in [1.807, 2.05) is 37.3 Å². The lowest BCUT2D eigenvalue weighted by atomic mass is 10.3. The summed E-state index contributed by atoms with van der Waals surface area (Å²) in [6.45, 7) is 1.95. The van der Waals surface area contributed by atoms with Gasteiger partial charge in [-0.1, -0.05) is 18.2 Å². The van der Waals surface area contributed by atoms with Gasteiger partial charge in [0, 0.05) is 5.38 Å². The Kier molecular flexibility index (Phi) is 3.32.